The van der Waals surface area contributed by atoms with Gasteiger partial charge in [-0.15, -0.1) is 0 Å². The fourth-order valence-electron chi connectivity index (χ4n) is 2.72. The molecule has 1 aromatic heterocycles. The number of amides is 2. The van der Waals surface area contributed by atoms with Gasteiger partial charge in [0.15, 0.2) is 0 Å². The lowest BCUT2D eigenvalue weighted by molar-refractivity contribution is -0.138. The summed E-state index contributed by atoms with van der Waals surface area (Å²) in [5.41, 5.74) is -0.597. The average molecular weight is 280 g/mol. The number of aliphatic carboxylic acids is 1. The zero-order chi connectivity index (χ0) is 14.6. The minimum absolute atomic E-state index is 0.0205. The first-order valence-electron chi connectivity index (χ1n) is 6.78. The molecule has 20 heavy (non-hydrogen) atoms. The Labute approximate surface area is 117 Å². The molecule has 110 valence electrons. The van der Waals surface area contributed by atoms with Crippen LogP contribution in [0.1, 0.15) is 37.9 Å². The van der Waals surface area contributed by atoms with Gasteiger partial charge in [0.25, 0.3) is 0 Å². The van der Waals surface area contributed by atoms with Crippen LogP contribution in [0.4, 0.5) is 4.79 Å². The molecule has 1 aromatic rings. The molecule has 1 saturated carbocycles. The predicted octanol–water partition coefficient (Wildman–Crippen LogP) is 2.21. The highest BCUT2D eigenvalue weighted by atomic mass is 16.4. The van der Waals surface area contributed by atoms with Gasteiger partial charge in [-0.25, -0.2) is 4.79 Å². The monoisotopic (exact) mass is 280 g/mol. The highest BCUT2D eigenvalue weighted by Crippen LogP contribution is 2.32. The number of carboxylic acid groups (broad SMARTS) is 1. The van der Waals surface area contributed by atoms with E-state index in [0.717, 1.165) is 25.7 Å². The van der Waals surface area contributed by atoms with Crippen molar-refractivity contribution in [2.75, 3.05) is 7.05 Å². The highest BCUT2D eigenvalue weighted by Gasteiger charge is 2.38. The third kappa shape index (κ3) is 3.53. The number of hydrogen-bond donors (Lipinski definition) is 2. The molecule has 0 bridgehead atoms. The molecule has 0 spiro atoms. The zero-order valence-electron chi connectivity index (χ0n) is 11.6. The summed E-state index contributed by atoms with van der Waals surface area (Å²) in [5, 5.41) is 11.9. The van der Waals surface area contributed by atoms with Crippen molar-refractivity contribution in [3.63, 3.8) is 0 Å². The first-order valence-corrected chi connectivity index (χ1v) is 6.78. The van der Waals surface area contributed by atoms with Crippen LogP contribution >= 0.6 is 0 Å². The van der Waals surface area contributed by atoms with Crippen LogP contribution in [0, 0.1) is 0 Å². The van der Waals surface area contributed by atoms with E-state index in [1.54, 1.807) is 25.4 Å². The van der Waals surface area contributed by atoms with Crippen LogP contribution in [-0.2, 0) is 11.3 Å². The SMILES string of the molecule is CN(Cc1ccco1)C(=O)NC1(CC(=O)O)CCCC1. The van der Waals surface area contributed by atoms with Gasteiger partial charge in [-0.1, -0.05) is 12.8 Å². The second kappa shape index (κ2) is 5.98. The van der Waals surface area contributed by atoms with Gasteiger partial charge in [0.2, 0.25) is 0 Å². The molecule has 0 saturated heterocycles. The van der Waals surface area contributed by atoms with Crippen molar-refractivity contribution in [2.24, 2.45) is 0 Å². The van der Waals surface area contributed by atoms with Crippen molar-refractivity contribution < 1.29 is 19.1 Å². The van der Waals surface area contributed by atoms with E-state index in [1.165, 1.54) is 4.90 Å². The van der Waals surface area contributed by atoms with Gasteiger partial charge in [-0.3, -0.25) is 4.79 Å². The van der Waals surface area contributed by atoms with Crippen LogP contribution < -0.4 is 5.32 Å². The minimum atomic E-state index is -0.874. The Bertz CT molecular complexity index is 464. The van der Waals surface area contributed by atoms with E-state index in [0.29, 0.717) is 12.3 Å². The van der Waals surface area contributed by atoms with Crippen molar-refractivity contribution in [1.82, 2.24) is 10.2 Å². The van der Waals surface area contributed by atoms with Crippen LogP contribution in [0.2, 0.25) is 0 Å². The molecule has 6 heteroatoms. The van der Waals surface area contributed by atoms with Crippen LogP contribution in [0.25, 0.3) is 0 Å². The fourth-order valence-corrected chi connectivity index (χ4v) is 2.72. The predicted molar refractivity (Wildman–Crippen MR) is 72.2 cm³/mol. The van der Waals surface area contributed by atoms with Crippen LogP contribution in [0.15, 0.2) is 22.8 Å². The summed E-state index contributed by atoms with van der Waals surface area (Å²) in [6.07, 6.45) is 4.89. The maximum absolute atomic E-state index is 12.2. The summed E-state index contributed by atoms with van der Waals surface area (Å²) in [7, 11) is 1.67. The molecule has 1 aliphatic rings. The molecule has 2 amide bonds. The van der Waals surface area contributed by atoms with Crippen molar-refractivity contribution in [3.8, 4) is 0 Å². The maximum Gasteiger partial charge on any atom is 0.317 e. The molecule has 1 fully saturated rings. The van der Waals surface area contributed by atoms with Crippen molar-refractivity contribution in [2.45, 2.75) is 44.2 Å². The van der Waals surface area contributed by atoms with Crippen LogP contribution in [-0.4, -0.2) is 34.6 Å². The summed E-state index contributed by atoms with van der Waals surface area (Å²) >= 11 is 0. The Morgan fingerprint density at radius 2 is 2.15 bits per heavy atom. The lowest BCUT2D eigenvalue weighted by atomic mass is 9.93. The number of hydrogen-bond acceptors (Lipinski definition) is 3. The summed E-state index contributed by atoms with van der Waals surface area (Å²) in [6, 6.07) is 3.31. The lowest BCUT2D eigenvalue weighted by Crippen LogP contribution is -2.51. The van der Waals surface area contributed by atoms with Gasteiger partial charge >= 0.3 is 12.0 Å². The number of carboxylic acids is 1. The normalized spacial score (nSPS) is 16.9. The molecule has 1 aliphatic carbocycles. The quantitative estimate of drug-likeness (QED) is 0.866. The first-order chi connectivity index (χ1) is 9.51. The smallest absolute Gasteiger partial charge is 0.317 e. The van der Waals surface area contributed by atoms with E-state index < -0.39 is 11.5 Å². The van der Waals surface area contributed by atoms with Gasteiger partial charge < -0.3 is 19.7 Å². The number of urea groups is 1. The summed E-state index contributed by atoms with van der Waals surface area (Å²) in [5.74, 6) is -0.178. The van der Waals surface area contributed by atoms with Crippen LogP contribution in [0.5, 0.6) is 0 Å². The lowest BCUT2D eigenvalue weighted by Gasteiger charge is -2.31. The highest BCUT2D eigenvalue weighted by molar-refractivity contribution is 5.76. The van der Waals surface area contributed by atoms with E-state index in [-0.39, 0.29) is 12.5 Å². The zero-order valence-corrected chi connectivity index (χ0v) is 11.6. The van der Waals surface area contributed by atoms with Crippen molar-refractivity contribution >= 4 is 12.0 Å². The Kier molecular flexibility index (Phi) is 4.32. The maximum atomic E-state index is 12.2. The molecule has 1 heterocycles. The second-order valence-corrected chi connectivity index (χ2v) is 5.42. The third-order valence-electron chi connectivity index (χ3n) is 3.74. The van der Waals surface area contributed by atoms with Gasteiger partial charge in [0.05, 0.1) is 24.8 Å². The van der Waals surface area contributed by atoms with E-state index in [1.807, 2.05) is 0 Å². The molecule has 6 nitrogen and oxygen atoms in total. The minimum Gasteiger partial charge on any atom is -0.481 e. The number of nitrogens with zero attached hydrogens (tertiary/aromatic N) is 1. The van der Waals surface area contributed by atoms with Crippen molar-refractivity contribution in [3.05, 3.63) is 24.2 Å². The Hall–Kier alpha value is -1.98. The Morgan fingerprint density at radius 3 is 2.70 bits per heavy atom. The third-order valence-corrected chi connectivity index (χ3v) is 3.74. The number of carbonyl (C=O) groups is 2. The molecule has 2 N–H and O–H groups in total. The number of furan rings is 1. The molecule has 0 aromatic carbocycles. The van der Waals surface area contributed by atoms with E-state index >= 15 is 0 Å². The van der Waals surface area contributed by atoms with Crippen LogP contribution in [0.3, 0.4) is 0 Å². The fraction of sp³-hybridized carbons (Fsp3) is 0.571. The molecule has 0 unspecified atom stereocenters. The second-order valence-electron chi connectivity index (χ2n) is 5.42. The number of rotatable bonds is 5. The molecule has 2 rings (SSSR count). The van der Waals surface area contributed by atoms with E-state index in [2.05, 4.69) is 5.32 Å². The van der Waals surface area contributed by atoms with Crippen molar-refractivity contribution in [1.29, 1.82) is 0 Å². The Balaban J connectivity index is 1.95. The van der Waals surface area contributed by atoms with Gasteiger partial charge in [0.1, 0.15) is 5.76 Å². The molecular formula is C14H20N2O4. The summed E-state index contributed by atoms with van der Waals surface area (Å²) in [6.45, 7) is 0.363. The molecular weight excluding hydrogens is 260 g/mol. The average Bonchev–Trinajstić information content (AvgIpc) is 3.00. The summed E-state index contributed by atoms with van der Waals surface area (Å²) in [4.78, 5) is 24.7. The van der Waals surface area contributed by atoms with Gasteiger partial charge in [-0.2, -0.15) is 0 Å². The largest absolute Gasteiger partial charge is 0.481 e. The Morgan fingerprint density at radius 1 is 1.45 bits per heavy atom. The van der Waals surface area contributed by atoms with Gasteiger partial charge in [-0.05, 0) is 25.0 Å². The molecule has 0 radical (unpaired) electrons. The topological polar surface area (TPSA) is 82.8 Å². The van der Waals surface area contributed by atoms with E-state index in [4.69, 9.17) is 9.52 Å². The van der Waals surface area contributed by atoms with Gasteiger partial charge in [0, 0.05) is 7.05 Å². The van der Waals surface area contributed by atoms with E-state index in [9.17, 15) is 9.59 Å². The number of carbonyl (C=O) groups excluding carboxylic acids is 1. The first kappa shape index (κ1) is 14.4. The number of nitrogens with one attached hydrogen (secondary N) is 1. The standard InChI is InChI=1S/C14H20N2O4/c1-16(10-11-5-4-8-20-11)13(19)15-14(9-12(17)18)6-2-3-7-14/h4-5,8H,2-3,6-7,9-10H2,1H3,(H,15,19)(H,17,18). The summed E-state index contributed by atoms with van der Waals surface area (Å²) < 4.78 is 5.20. The molecule has 0 aliphatic heterocycles. The molecule has 0 atom stereocenters.